The number of benzene rings is 1. The third kappa shape index (κ3) is 8.46. The van der Waals surface area contributed by atoms with Crippen LogP contribution in [0.25, 0.3) is 6.08 Å². The molecule has 0 N–H and O–H groups in total. The van der Waals surface area contributed by atoms with Crippen LogP contribution in [-0.2, 0) is 19.1 Å². The van der Waals surface area contributed by atoms with Crippen LogP contribution < -0.4 is 4.74 Å². The van der Waals surface area contributed by atoms with Crippen LogP contribution in [0, 0.1) is 0 Å². The Morgan fingerprint density at radius 1 is 1.00 bits per heavy atom. The van der Waals surface area contributed by atoms with Gasteiger partial charge in [0.2, 0.25) is 0 Å². The first kappa shape index (κ1) is 18.5. The van der Waals surface area contributed by atoms with E-state index in [1.54, 1.807) is 19.1 Å². The van der Waals surface area contributed by atoms with Gasteiger partial charge in [-0.3, -0.25) is 0 Å². The molecular formula is C18H22O5. The topological polar surface area (TPSA) is 61.8 Å². The Bertz CT molecular complexity index is 543. The quantitative estimate of drug-likeness (QED) is 0.398. The molecule has 0 spiro atoms. The predicted octanol–water partition coefficient (Wildman–Crippen LogP) is 3.15. The smallest absolute Gasteiger partial charge is 0.330 e. The summed E-state index contributed by atoms with van der Waals surface area (Å²) >= 11 is 0. The van der Waals surface area contributed by atoms with Gasteiger partial charge in [-0.25, -0.2) is 9.59 Å². The molecule has 5 heteroatoms. The highest BCUT2D eigenvalue weighted by Gasteiger charge is 1.98. The van der Waals surface area contributed by atoms with Gasteiger partial charge in [0, 0.05) is 12.2 Å². The molecule has 0 atom stereocenters. The Morgan fingerprint density at radius 2 is 1.70 bits per heavy atom. The number of methoxy groups -OCH3 is 1. The van der Waals surface area contributed by atoms with Crippen LogP contribution >= 0.6 is 0 Å². The highest BCUT2D eigenvalue weighted by molar-refractivity contribution is 5.86. The molecule has 0 saturated heterocycles. The van der Waals surface area contributed by atoms with Crippen molar-refractivity contribution in [1.82, 2.24) is 0 Å². The van der Waals surface area contributed by atoms with Gasteiger partial charge in [0.15, 0.2) is 0 Å². The van der Waals surface area contributed by atoms with Gasteiger partial charge in [-0.2, -0.15) is 0 Å². The lowest BCUT2D eigenvalue weighted by Crippen LogP contribution is -2.04. The van der Waals surface area contributed by atoms with Crippen LogP contribution in [0.2, 0.25) is 0 Å². The summed E-state index contributed by atoms with van der Waals surface area (Å²) in [4.78, 5) is 22.1. The highest BCUT2D eigenvalue weighted by atomic mass is 16.5. The SMILES string of the molecule is CC=CC(=O)OCCCCOc1ccc(C=CC(=O)OC)cc1. The van der Waals surface area contributed by atoms with Crippen LogP contribution in [0.15, 0.2) is 42.5 Å². The summed E-state index contributed by atoms with van der Waals surface area (Å²) in [6.45, 7) is 2.72. The molecule has 0 saturated carbocycles. The van der Waals surface area contributed by atoms with Crippen molar-refractivity contribution in [2.75, 3.05) is 20.3 Å². The largest absolute Gasteiger partial charge is 0.494 e. The van der Waals surface area contributed by atoms with Crippen LogP contribution in [0.4, 0.5) is 0 Å². The molecule has 5 nitrogen and oxygen atoms in total. The molecule has 0 unspecified atom stereocenters. The van der Waals surface area contributed by atoms with E-state index in [2.05, 4.69) is 4.74 Å². The lowest BCUT2D eigenvalue weighted by Gasteiger charge is -2.06. The maximum Gasteiger partial charge on any atom is 0.330 e. The molecule has 0 aliphatic heterocycles. The van der Waals surface area contributed by atoms with Crippen molar-refractivity contribution in [2.24, 2.45) is 0 Å². The van der Waals surface area contributed by atoms with Gasteiger partial charge in [-0.1, -0.05) is 18.2 Å². The first-order chi connectivity index (χ1) is 11.2. The average molecular weight is 318 g/mol. The maximum absolute atomic E-state index is 11.1. The summed E-state index contributed by atoms with van der Waals surface area (Å²) < 4.78 is 15.1. The molecule has 1 rings (SSSR count). The molecule has 0 bridgehead atoms. The van der Waals surface area contributed by atoms with Crippen LogP contribution in [0.1, 0.15) is 25.3 Å². The second kappa shape index (κ2) is 11.1. The minimum Gasteiger partial charge on any atom is -0.494 e. The second-order valence-electron chi connectivity index (χ2n) is 4.65. The van der Waals surface area contributed by atoms with Crippen molar-refractivity contribution in [2.45, 2.75) is 19.8 Å². The number of hydrogen-bond donors (Lipinski definition) is 0. The van der Waals surface area contributed by atoms with Gasteiger partial charge in [0.05, 0.1) is 20.3 Å². The highest BCUT2D eigenvalue weighted by Crippen LogP contribution is 2.13. The molecule has 0 aromatic heterocycles. The zero-order chi connectivity index (χ0) is 16.9. The van der Waals surface area contributed by atoms with E-state index in [1.165, 1.54) is 19.3 Å². The second-order valence-corrected chi connectivity index (χ2v) is 4.65. The zero-order valence-corrected chi connectivity index (χ0v) is 13.5. The summed E-state index contributed by atoms with van der Waals surface area (Å²) in [6, 6.07) is 7.38. The third-order valence-electron chi connectivity index (χ3n) is 2.85. The molecule has 0 aliphatic rings. The van der Waals surface area contributed by atoms with Gasteiger partial charge in [-0.15, -0.1) is 0 Å². The zero-order valence-electron chi connectivity index (χ0n) is 13.5. The van der Waals surface area contributed by atoms with Gasteiger partial charge in [0.25, 0.3) is 0 Å². The Balaban J connectivity index is 2.22. The summed E-state index contributed by atoms with van der Waals surface area (Å²) in [6.07, 6.45) is 7.64. The van der Waals surface area contributed by atoms with E-state index in [1.807, 2.05) is 24.3 Å². The lowest BCUT2D eigenvalue weighted by atomic mass is 10.2. The molecule has 23 heavy (non-hydrogen) atoms. The fourth-order valence-electron chi connectivity index (χ4n) is 1.66. The fourth-order valence-corrected chi connectivity index (χ4v) is 1.66. The number of esters is 2. The van der Waals surface area contributed by atoms with Crippen molar-refractivity contribution in [3.05, 3.63) is 48.1 Å². The molecule has 0 radical (unpaired) electrons. The third-order valence-corrected chi connectivity index (χ3v) is 2.85. The summed E-state index contributed by atoms with van der Waals surface area (Å²) in [7, 11) is 1.34. The minimum atomic E-state index is -0.388. The lowest BCUT2D eigenvalue weighted by molar-refractivity contribution is -0.138. The van der Waals surface area contributed by atoms with Crippen molar-refractivity contribution in [3.8, 4) is 5.75 Å². The van der Waals surface area contributed by atoms with Gasteiger partial charge < -0.3 is 14.2 Å². The maximum atomic E-state index is 11.1. The number of carbonyl (C=O) groups excluding carboxylic acids is 2. The number of rotatable bonds is 9. The monoisotopic (exact) mass is 318 g/mol. The Labute approximate surface area is 136 Å². The van der Waals surface area contributed by atoms with Crippen molar-refractivity contribution in [1.29, 1.82) is 0 Å². The van der Waals surface area contributed by atoms with E-state index < -0.39 is 0 Å². The van der Waals surface area contributed by atoms with Crippen LogP contribution in [-0.4, -0.2) is 32.3 Å². The average Bonchev–Trinajstić information content (AvgIpc) is 2.57. The van der Waals surface area contributed by atoms with E-state index in [0.29, 0.717) is 13.2 Å². The molecule has 1 aromatic rings. The molecule has 0 heterocycles. The Hall–Kier alpha value is -2.56. The van der Waals surface area contributed by atoms with Gasteiger partial charge in [0.1, 0.15) is 5.75 Å². The fraction of sp³-hybridized carbons (Fsp3) is 0.333. The number of allylic oxidation sites excluding steroid dienone is 1. The van der Waals surface area contributed by atoms with Gasteiger partial charge in [-0.05, 0) is 43.5 Å². The summed E-state index contributed by atoms with van der Waals surface area (Å²) in [5, 5.41) is 0. The molecule has 1 aromatic carbocycles. The Morgan fingerprint density at radius 3 is 2.35 bits per heavy atom. The predicted molar refractivity (Wildman–Crippen MR) is 88.0 cm³/mol. The molecule has 0 fully saturated rings. The Kier molecular flexibility index (Phi) is 8.90. The van der Waals surface area contributed by atoms with E-state index in [-0.39, 0.29) is 11.9 Å². The van der Waals surface area contributed by atoms with E-state index in [0.717, 1.165) is 24.2 Å². The number of carbonyl (C=O) groups is 2. The van der Waals surface area contributed by atoms with Crippen molar-refractivity contribution >= 4 is 18.0 Å². The normalized spacial score (nSPS) is 10.9. The van der Waals surface area contributed by atoms with Crippen molar-refractivity contribution < 1.29 is 23.8 Å². The first-order valence-electron chi connectivity index (χ1n) is 7.44. The first-order valence-corrected chi connectivity index (χ1v) is 7.44. The summed E-state index contributed by atoms with van der Waals surface area (Å²) in [5.41, 5.74) is 0.888. The van der Waals surface area contributed by atoms with E-state index in [9.17, 15) is 9.59 Å². The van der Waals surface area contributed by atoms with Crippen molar-refractivity contribution in [3.63, 3.8) is 0 Å². The number of hydrogen-bond acceptors (Lipinski definition) is 5. The standard InChI is InChI=1S/C18H22O5/c1-3-6-18(20)23-14-5-4-13-22-16-10-7-15(8-11-16)9-12-17(19)21-2/h3,6-12H,4-5,13-14H2,1-2H3. The van der Waals surface area contributed by atoms with E-state index >= 15 is 0 Å². The van der Waals surface area contributed by atoms with E-state index in [4.69, 9.17) is 9.47 Å². The molecule has 0 amide bonds. The number of unbranched alkanes of at least 4 members (excludes halogenated alkanes) is 1. The minimum absolute atomic E-state index is 0.316. The summed E-state index contributed by atoms with van der Waals surface area (Å²) in [5.74, 6) is 0.0515. The molecule has 124 valence electrons. The van der Waals surface area contributed by atoms with Crippen LogP contribution in [0.3, 0.4) is 0 Å². The molecule has 0 aliphatic carbocycles. The number of ether oxygens (including phenoxy) is 3. The van der Waals surface area contributed by atoms with Crippen LogP contribution in [0.5, 0.6) is 5.75 Å². The van der Waals surface area contributed by atoms with Gasteiger partial charge >= 0.3 is 11.9 Å². The molecular weight excluding hydrogens is 296 g/mol.